The molecule has 2 rings (SSSR count). The van der Waals surface area contributed by atoms with Gasteiger partial charge >= 0.3 is 5.97 Å². The van der Waals surface area contributed by atoms with Crippen molar-refractivity contribution in [2.75, 3.05) is 13.7 Å². The lowest BCUT2D eigenvalue weighted by Crippen LogP contribution is -2.40. The average molecular weight is 330 g/mol. The van der Waals surface area contributed by atoms with Crippen molar-refractivity contribution in [3.63, 3.8) is 0 Å². The van der Waals surface area contributed by atoms with Crippen LogP contribution in [-0.2, 0) is 14.8 Å². The van der Waals surface area contributed by atoms with E-state index in [9.17, 15) is 23.3 Å². The number of nitrogens with zero attached hydrogens (tertiary/aromatic N) is 2. The Morgan fingerprint density at radius 2 is 2.18 bits per heavy atom. The Balaban J connectivity index is 2.57. The minimum atomic E-state index is -4.31. The number of nitro groups is 1. The molecule has 1 heterocycles. The van der Waals surface area contributed by atoms with E-state index in [-0.39, 0.29) is 18.7 Å². The van der Waals surface area contributed by atoms with Gasteiger partial charge in [-0.1, -0.05) is 0 Å². The predicted octanol–water partition coefficient (Wildman–Crippen LogP) is 0.841. The first kappa shape index (κ1) is 16.2. The summed E-state index contributed by atoms with van der Waals surface area (Å²) < 4.78 is 31.0. The number of sulfonamides is 1. The Kier molecular flexibility index (Phi) is 4.33. The second-order valence-corrected chi connectivity index (χ2v) is 6.56. The molecule has 0 spiro atoms. The third-order valence-corrected chi connectivity index (χ3v) is 5.38. The van der Waals surface area contributed by atoms with Crippen molar-refractivity contribution < 1.29 is 28.0 Å². The third kappa shape index (κ3) is 2.74. The van der Waals surface area contributed by atoms with Crippen molar-refractivity contribution in [2.24, 2.45) is 0 Å². The van der Waals surface area contributed by atoms with Crippen molar-refractivity contribution in [3.05, 3.63) is 28.3 Å². The highest BCUT2D eigenvalue weighted by Crippen LogP contribution is 2.33. The predicted molar refractivity (Wildman–Crippen MR) is 74.2 cm³/mol. The molecule has 1 fully saturated rings. The molecule has 0 aliphatic carbocycles. The lowest BCUT2D eigenvalue weighted by atomic mass is 10.2. The van der Waals surface area contributed by atoms with Crippen LogP contribution in [0.5, 0.6) is 5.75 Å². The van der Waals surface area contributed by atoms with Crippen LogP contribution < -0.4 is 4.74 Å². The lowest BCUT2D eigenvalue weighted by molar-refractivity contribution is -0.387. The molecule has 1 saturated heterocycles. The van der Waals surface area contributed by atoms with Gasteiger partial charge < -0.3 is 9.84 Å². The van der Waals surface area contributed by atoms with E-state index in [0.29, 0.717) is 6.42 Å². The molecule has 0 bridgehead atoms. The number of methoxy groups -OCH3 is 1. The topological polar surface area (TPSA) is 127 Å². The van der Waals surface area contributed by atoms with E-state index >= 15 is 0 Å². The Bertz CT molecular complexity index is 716. The fourth-order valence-corrected chi connectivity index (χ4v) is 4.20. The van der Waals surface area contributed by atoms with Crippen molar-refractivity contribution >= 4 is 21.7 Å². The zero-order chi connectivity index (χ0) is 16.5. The maximum Gasteiger partial charge on any atom is 0.322 e. The van der Waals surface area contributed by atoms with Crippen molar-refractivity contribution in [2.45, 2.75) is 23.8 Å². The molecule has 1 atom stereocenters. The molecule has 0 aromatic heterocycles. The van der Waals surface area contributed by atoms with Gasteiger partial charge in [0.15, 0.2) is 4.90 Å². The van der Waals surface area contributed by atoms with E-state index in [2.05, 4.69) is 0 Å². The monoisotopic (exact) mass is 330 g/mol. The largest absolute Gasteiger partial charge is 0.497 e. The fourth-order valence-electron chi connectivity index (χ4n) is 2.38. The first-order valence-corrected chi connectivity index (χ1v) is 7.80. The molecule has 1 aromatic carbocycles. The van der Waals surface area contributed by atoms with Crippen LogP contribution in [0.15, 0.2) is 23.1 Å². The minimum absolute atomic E-state index is 0.00760. The first-order valence-electron chi connectivity index (χ1n) is 6.36. The van der Waals surface area contributed by atoms with Crippen LogP contribution in [0.25, 0.3) is 0 Å². The zero-order valence-electron chi connectivity index (χ0n) is 11.6. The second-order valence-electron chi connectivity index (χ2n) is 4.70. The van der Waals surface area contributed by atoms with Crippen LogP contribution in [0, 0.1) is 10.1 Å². The summed E-state index contributed by atoms with van der Waals surface area (Å²) in [5.41, 5.74) is -0.614. The molecular weight excluding hydrogens is 316 g/mol. The van der Waals surface area contributed by atoms with Crippen LogP contribution in [0.2, 0.25) is 0 Å². The summed E-state index contributed by atoms with van der Waals surface area (Å²) in [5, 5.41) is 20.2. The van der Waals surface area contributed by atoms with Crippen molar-refractivity contribution in [1.29, 1.82) is 0 Å². The Labute approximate surface area is 126 Å². The molecule has 1 aliphatic rings. The van der Waals surface area contributed by atoms with Crippen LogP contribution in [0.3, 0.4) is 0 Å². The van der Waals surface area contributed by atoms with Crippen LogP contribution in [-0.4, -0.2) is 48.4 Å². The summed E-state index contributed by atoms with van der Waals surface area (Å²) in [6.45, 7) is 0.00760. The van der Waals surface area contributed by atoms with Gasteiger partial charge in [-0.2, -0.15) is 4.31 Å². The minimum Gasteiger partial charge on any atom is -0.497 e. The molecule has 10 heteroatoms. The van der Waals surface area contributed by atoms with Crippen LogP contribution in [0.4, 0.5) is 5.69 Å². The van der Waals surface area contributed by atoms with Gasteiger partial charge in [0.05, 0.1) is 12.0 Å². The number of carboxylic acids is 1. The smallest absolute Gasteiger partial charge is 0.322 e. The lowest BCUT2D eigenvalue weighted by Gasteiger charge is -2.21. The maximum absolute atomic E-state index is 12.6. The van der Waals surface area contributed by atoms with E-state index < -0.39 is 37.5 Å². The van der Waals surface area contributed by atoms with Gasteiger partial charge in [0.2, 0.25) is 0 Å². The summed E-state index contributed by atoms with van der Waals surface area (Å²) in [4.78, 5) is 20.8. The molecule has 0 saturated carbocycles. The number of aliphatic carboxylic acids is 1. The van der Waals surface area contributed by atoms with E-state index in [0.717, 1.165) is 16.4 Å². The number of hydrogen-bond acceptors (Lipinski definition) is 6. The van der Waals surface area contributed by atoms with Gasteiger partial charge in [-0.3, -0.25) is 14.9 Å². The number of rotatable bonds is 5. The first-order chi connectivity index (χ1) is 10.3. The Morgan fingerprint density at radius 1 is 1.50 bits per heavy atom. The number of ether oxygens (including phenoxy) is 1. The van der Waals surface area contributed by atoms with E-state index in [1.165, 1.54) is 13.2 Å². The maximum atomic E-state index is 12.6. The number of hydrogen-bond donors (Lipinski definition) is 1. The number of carboxylic acid groups (broad SMARTS) is 1. The molecule has 1 aliphatic heterocycles. The fraction of sp³-hybridized carbons (Fsp3) is 0.417. The van der Waals surface area contributed by atoms with Crippen molar-refractivity contribution in [1.82, 2.24) is 4.31 Å². The highest BCUT2D eigenvalue weighted by Gasteiger charge is 2.42. The molecule has 9 nitrogen and oxygen atoms in total. The van der Waals surface area contributed by atoms with E-state index in [4.69, 9.17) is 9.84 Å². The van der Waals surface area contributed by atoms with Gasteiger partial charge in [0, 0.05) is 18.7 Å². The molecule has 1 aromatic rings. The molecule has 1 unspecified atom stereocenters. The second kappa shape index (κ2) is 5.89. The SMILES string of the molecule is COc1ccc([N+](=O)[O-])c(S(=O)(=O)N2CCCC2C(=O)O)c1. The molecule has 0 amide bonds. The summed E-state index contributed by atoms with van der Waals surface area (Å²) in [6.07, 6.45) is 0.556. The summed E-state index contributed by atoms with van der Waals surface area (Å²) >= 11 is 0. The normalized spacial score (nSPS) is 19.0. The van der Waals surface area contributed by atoms with Gasteiger partial charge in [-0.25, -0.2) is 8.42 Å². The average Bonchev–Trinajstić information content (AvgIpc) is 2.96. The molecule has 0 radical (unpaired) electrons. The van der Waals surface area contributed by atoms with Crippen molar-refractivity contribution in [3.8, 4) is 5.75 Å². The van der Waals surface area contributed by atoms with Gasteiger partial charge in [0.1, 0.15) is 11.8 Å². The summed E-state index contributed by atoms with van der Waals surface area (Å²) in [6, 6.07) is 2.12. The van der Waals surface area contributed by atoms with Gasteiger partial charge in [-0.05, 0) is 18.9 Å². The molecule has 22 heavy (non-hydrogen) atoms. The highest BCUT2D eigenvalue weighted by atomic mass is 32.2. The van der Waals surface area contributed by atoms with E-state index in [1.54, 1.807) is 0 Å². The third-order valence-electron chi connectivity index (χ3n) is 3.44. The number of benzene rings is 1. The standard InChI is InChI=1S/C12H14N2O7S/c1-21-8-4-5-9(14(17)18)11(7-8)22(19,20)13-6-2-3-10(13)12(15)16/h4-5,7,10H,2-3,6H2,1H3,(H,15,16). The Hall–Kier alpha value is -2.20. The quantitative estimate of drug-likeness (QED) is 0.626. The van der Waals surface area contributed by atoms with Crippen LogP contribution in [0.1, 0.15) is 12.8 Å². The molecule has 1 N–H and O–H groups in total. The Morgan fingerprint density at radius 3 is 2.73 bits per heavy atom. The zero-order valence-corrected chi connectivity index (χ0v) is 12.4. The number of nitro benzene ring substituents is 1. The van der Waals surface area contributed by atoms with Gasteiger partial charge in [-0.15, -0.1) is 0 Å². The summed E-state index contributed by atoms with van der Waals surface area (Å²) in [5.74, 6) is -1.14. The number of carbonyl (C=O) groups is 1. The van der Waals surface area contributed by atoms with E-state index in [1.807, 2.05) is 0 Å². The highest BCUT2D eigenvalue weighted by molar-refractivity contribution is 7.89. The molecule has 120 valence electrons. The summed E-state index contributed by atoms with van der Waals surface area (Å²) in [7, 11) is -3.01. The van der Waals surface area contributed by atoms with Crippen LogP contribution >= 0.6 is 0 Å². The van der Waals surface area contributed by atoms with Gasteiger partial charge in [0.25, 0.3) is 15.7 Å². The molecular formula is C12H14N2O7S.